The summed E-state index contributed by atoms with van der Waals surface area (Å²) >= 11 is 0. The first-order valence-corrected chi connectivity index (χ1v) is 2.24. The molecule has 3 heteroatoms. The Hall–Kier alpha value is 0.470. The summed E-state index contributed by atoms with van der Waals surface area (Å²) in [5.74, 6) is -0.257. The van der Waals surface area contributed by atoms with Crippen LogP contribution in [-0.4, -0.2) is 35.5 Å². The Bertz CT molecular complexity index is 84.9. The van der Waals surface area contributed by atoms with Crippen LogP contribution in [0.25, 0.3) is 0 Å². The van der Waals surface area contributed by atoms with E-state index in [4.69, 9.17) is 5.73 Å². The molecule has 0 aliphatic carbocycles. The van der Waals surface area contributed by atoms with E-state index in [0.717, 1.165) is 0 Å². The Balaban J connectivity index is 0. The van der Waals surface area contributed by atoms with Gasteiger partial charge in [0.05, 0.1) is 0 Å². The van der Waals surface area contributed by atoms with Crippen LogP contribution in [-0.2, 0) is 4.79 Å². The third-order valence-corrected chi connectivity index (χ3v) is 0.739. The number of carbonyl (C=O) groups is 1. The summed E-state index contributed by atoms with van der Waals surface area (Å²) in [4.78, 5) is 10.2. The number of hydrogen-bond acceptors (Lipinski definition) is 1. The number of amides is 1. The number of carbonyl (C=O) groups excluding carboxylic acids is 1. The molecule has 44 valence electrons. The van der Waals surface area contributed by atoms with E-state index >= 15 is 0 Å². The van der Waals surface area contributed by atoms with Crippen LogP contribution in [0.5, 0.6) is 0 Å². The van der Waals surface area contributed by atoms with E-state index in [1.165, 1.54) is 0 Å². The van der Waals surface area contributed by atoms with Gasteiger partial charge in [0.15, 0.2) is 0 Å². The van der Waals surface area contributed by atoms with Crippen molar-refractivity contribution in [3.05, 3.63) is 0 Å². The molecule has 0 saturated heterocycles. The van der Waals surface area contributed by atoms with Gasteiger partial charge in [0, 0.05) is 5.41 Å². The molecule has 0 bridgehead atoms. The average Bonchev–Trinajstić information content (AvgIpc) is 1.31. The molecule has 0 heterocycles. The van der Waals surface area contributed by atoms with Crippen molar-refractivity contribution in [2.75, 3.05) is 0 Å². The predicted octanol–water partition coefficient (Wildman–Crippen LogP) is -0.131. The molecule has 0 rings (SSSR count). The normalized spacial score (nSPS) is 9.88. The van der Waals surface area contributed by atoms with Crippen LogP contribution in [0.15, 0.2) is 0 Å². The second kappa shape index (κ2) is 3.49. The standard InChI is InChI=1S/C5H11NO.Na.H/c1-5(2,3)4(6)7;;/h1-3H3,(H2,6,7);;. The molecule has 0 aliphatic heterocycles. The van der Waals surface area contributed by atoms with Crippen molar-refractivity contribution < 1.29 is 4.79 Å². The fourth-order valence-corrected chi connectivity index (χ4v) is 0. The molecular weight excluding hydrogens is 113 g/mol. The van der Waals surface area contributed by atoms with E-state index in [-0.39, 0.29) is 40.9 Å². The molecule has 0 spiro atoms. The zero-order valence-electron chi connectivity index (χ0n) is 4.99. The third-order valence-electron chi connectivity index (χ3n) is 0.739. The Kier molecular flexibility index (Phi) is 4.92. The molecule has 8 heavy (non-hydrogen) atoms. The Morgan fingerprint density at radius 1 is 1.38 bits per heavy atom. The van der Waals surface area contributed by atoms with Crippen molar-refractivity contribution in [3.8, 4) is 0 Å². The number of rotatable bonds is 0. The van der Waals surface area contributed by atoms with Gasteiger partial charge in [0.2, 0.25) is 5.91 Å². The van der Waals surface area contributed by atoms with Gasteiger partial charge in [-0.25, -0.2) is 0 Å². The van der Waals surface area contributed by atoms with Crippen LogP contribution in [0.4, 0.5) is 0 Å². The molecule has 0 atom stereocenters. The first kappa shape index (κ1) is 11.3. The molecule has 0 aromatic rings. The summed E-state index contributed by atoms with van der Waals surface area (Å²) in [7, 11) is 0. The van der Waals surface area contributed by atoms with Crippen LogP contribution in [0.2, 0.25) is 0 Å². The topological polar surface area (TPSA) is 43.1 Å². The molecule has 0 fully saturated rings. The molecule has 0 aliphatic rings. The number of nitrogens with two attached hydrogens (primary N) is 1. The first-order chi connectivity index (χ1) is 2.94. The van der Waals surface area contributed by atoms with Gasteiger partial charge in [-0.15, -0.1) is 0 Å². The fourth-order valence-electron chi connectivity index (χ4n) is 0. The van der Waals surface area contributed by atoms with Crippen LogP contribution >= 0.6 is 0 Å². The maximum atomic E-state index is 10.2. The van der Waals surface area contributed by atoms with Crippen LogP contribution in [0.3, 0.4) is 0 Å². The van der Waals surface area contributed by atoms with Crippen molar-refractivity contribution in [3.63, 3.8) is 0 Å². The van der Waals surface area contributed by atoms with Crippen LogP contribution < -0.4 is 5.73 Å². The second-order valence-corrected chi connectivity index (χ2v) is 2.61. The monoisotopic (exact) mass is 125 g/mol. The van der Waals surface area contributed by atoms with Crippen molar-refractivity contribution in [2.45, 2.75) is 20.8 Å². The first-order valence-electron chi connectivity index (χ1n) is 2.24. The van der Waals surface area contributed by atoms with E-state index in [0.29, 0.717) is 0 Å². The van der Waals surface area contributed by atoms with Crippen molar-refractivity contribution in [1.29, 1.82) is 0 Å². The van der Waals surface area contributed by atoms with Crippen molar-refractivity contribution >= 4 is 35.5 Å². The average molecular weight is 125 g/mol. The van der Waals surface area contributed by atoms with Gasteiger partial charge in [-0.3, -0.25) is 4.79 Å². The minimum absolute atomic E-state index is 0. The van der Waals surface area contributed by atoms with E-state index in [1.807, 2.05) is 0 Å². The van der Waals surface area contributed by atoms with Gasteiger partial charge < -0.3 is 5.73 Å². The summed E-state index contributed by atoms with van der Waals surface area (Å²) in [5, 5.41) is 0. The third kappa shape index (κ3) is 4.62. The predicted molar refractivity (Wildman–Crippen MR) is 35.8 cm³/mol. The van der Waals surface area contributed by atoms with E-state index < -0.39 is 0 Å². The summed E-state index contributed by atoms with van der Waals surface area (Å²) in [6, 6.07) is 0. The van der Waals surface area contributed by atoms with Gasteiger partial charge in [-0.05, 0) is 0 Å². The number of hydrogen-bond donors (Lipinski definition) is 1. The quantitative estimate of drug-likeness (QED) is 0.450. The van der Waals surface area contributed by atoms with Gasteiger partial charge in [-0.2, -0.15) is 0 Å². The molecule has 2 N–H and O–H groups in total. The molecule has 0 saturated carbocycles. The van der Waals surface area contributed by atoms with Crippen LogP contribution in [0, 0.1) is 5.41 Å². The molecule has 0 aromatic carbocycles. The van der Waals surface area contributed by atoms with Gasteiger partial charge in [0.1, 0.15) is 0 Å². The van der Waals surface area contributed by atoms with E-state index in [2.05, 4.69) is 0 Å². The van der Waals surface area contributed by atoms with Crippen LogP contribution in [0.1, 0.15) is 20.8 Å². The molecule has 0 radical (unpaired) electrons. The van der Waals surface area contributed by atoms with Gasteiger partial charge >= 0.3 is 29.6 Å². The molecule has 1 amide bonds. The summed E-state index contributed by atoms with van der Waals surface area (Å²) in [6.45, 7) is 5.36. The van der Waals surface area contributed by atoms with E-state index in [1.54, 1.807) is 20.8 Å². The summed E-state index contributed by atoms with van der Waals surface area (Å²) < 4.78 is 0. The van der Waals surface area contributed by atoms with E-state index in [9.17, 15) is 4.79 Å². The Labute approximate surface area is 72.1 Å². The van der Waals surface area contributed by atoms with Crippen molar-refractivity contribution in [1.82, 2.24) is 0 Å². The van der Waals surface area contributed by atoms with Gasteiger partial charge in [0.25, 0.3) is 0 Å². The maximum absolute atomic E-state index is 10.2. The zero-order valence-corrected chi connectivity index (χ0v) is 4.99. The summed E-state index contributed by atoms with van der Waals surface area (Å²) in [6.07, 6.45) is 0. The fraction of sp³-hybridized carbons (Fsp3) is 0.800. The molecule has 2 nitrogen and oxygen atoms in total. The SMILES string of the molecule is CC(C)(C)C(N)=O.[NaH]. The second-order valence-electron chi connectivity index (χ2n) is 2.61. The van der Waals surface area contributed by atoms with Gasteiger partial charge in [-0.1, -0.05) is 20.8 Å². The summed E-state index contributed by atoms with van der Waals surface area (Å²) in [5.41, 5.74) is 4.57. The Morgan fingerprint density at radius 3 is 1.50 bits per heavy atom. The molecular formula is C5H12NNaO. The molecule has 0 unspecified atom stereocenters. The minimum atomic E-state index is -0.361. The molecule has 0 aromatic heterocycles. The number of primary amides is 1. The zero-order chi connectivity index (χ0) is 6.08. The van der Waals surface area contributed by atoms with Crippen molar-refractivity contribution in [2.24, 2.45) is 11.1 Å². The Morgan fingerprint density at radius 2 is 1.50 bits per heavy atom.